The van der Waals surface area contributed by atoms with Crippen LogP contribution in [0.2, 0.25) is 0 Å². The van der Waals surface area contributed by atoms with E-state index in [-0.39, 0.29) is 12.2 Å². The summed E-state index contributed by atoms with van der Waals surface area (Å²) in [6, 6.07) is 27.2. The van der Waals surface area contributed by atoms with E-state index in [2.05, 4.69) is 117 Å². The number of nitrogens with zero attached hydrogens (tertiary/aromatic N) is 3. The number of ether oxygens (including phenoxy) is 6. The van der Waals surface area contributed by atoms with Gasteiger partial charge in [-0.15, -0.1) is 0 Å². The first kappa shape index (κ1) is 37.4. The van der Waals surface area contributed by atoms with Crippen LogP contribution in [-0.4, -0.2) is 96.3 Å². The number of benzene rings is 4. The first-order valence-electron chi connectivity index (χ1n) is 17.3. The predicted molar refractivity (Wildman–Crippen MR) is 206 cm³/mol. The van der Waals surface area contributed by atoms with Crippen LogP contribution in [0.15, 0.2) is 78.9 Å². The van der Waals surface area contributed by atoms with Crippen LogP contribution < -0.4 is 28.4 Å². The molecule has 2 unspecified atom stereocenters. The van der Waals surface area contributed by atoms with Crippen molar-refractivity contribution in [2.75, 3.05) is 69.7 Å². The average Bonchev–Trinajstić information content (AvgIpc) is 3.39. The molecule has 0 saturated heterocycles. The molecule has 51 heavy (non-hydrogen) atoms. The van der Waals surface area contributed by atoms with Crippen molar-refractivity contribution in [2.24, 2.45) is 0 Å². The Kier molecular flexibility index (Phi) is 12.4. The molecule has 0 bridgehead atoms. The predicted octanol–water partition coefficient (Wildman–Crippen LogP) is 7.64. The van der Waals surface area contributed by atoms with E-state index in [0.29, 0.717) is 30.2 Å². The molecule has 5 aromatic rings. The highest BCUT2D eigenvalue weighted by Crippen LogP contribution is 2.45. The van der Waals surface area contributed by atoms with Gasteiger partial charge in [-0.25, -0.2) is 0 Å². The Morgan fingerprint density at radius 1 is 0.588 bits per heavy atom. The zero-order valence-electron chi connectivity index (χ0n) is 31.8. The molecule has 4 aromatic carbocycles. The fraction of sp³-hybridized carbons (Fsp3) is 0.381. The number of likely N-dealkylation sites (N-methyl/N-ethyl adjacent to an activating group) is 2. The van der Waals surface area contributed by atoms with E-state index >= 15 is 0 Å². The minimum atomic E-state index is 0.0741. The van der Waals surface area contributed by atoms with Gasteiger partial charge in [0, 0.05) is 42.5 Å². The second kappa shape index (κ2) is 16.9. The number of rotatable bonds is 17. The Labute approximate surface area is 303 Å². The largest absolute Gasteiger partial charge is 0.497 e. The van der Waals surface area contributed by atoms with Crippen LogP contribution in [0.4, 0.5) is 0 Å². The van der Waals surface area contributed by atoms with Crippen LogP contribution in [0.1, 0.15) is 30.5 Å². The summed E-state index contributed by atoms with van der Waals surface area (Å²) in [5.41, 5.74) is 6.55. The molecule has 0 aliphatic heterocycles. The van der Waals surface area contributed by atoms with Crippen molar-refractivity contribution in [3.05, 3.63) is 95.6 Å². The molecule has 0 aliphatic carbocycles. The number of hydrogen-bond donors (Lipinski definition) is 0. The maximum absolute atomic E-state index is 6.20. The van der Waals surface area contributed by atoms with Crippen LogP contribution in [0.3, 0.4) is 0 Å². The molecule has 0 saturated carbocycles. The smallest absolute Gasteiger partial charge is 0.203 e. The summed E-state index contributed by atoms with van der Waals surface area (Å²) in [6.07, 6.45) is 0.822. The van der Waals surface area contributed by atoms with Gasteiger partial charge >= 0.3 is 0 Å². The molecule has 9 heteroatoms. The van der Waals surface area contributed by atoms with Crippen molar-refractivity contribution in [1.29, 1.82) is 0 Å². The lowest BCUT2D eigenvalue weighted by molar-refractivity contribution is 0.176. The molecular weight excluding hydrogens is 642 g/mol. The maximum Gasteiger partial charge on any atom is 0.203 e. The standard InChI is InChI=1S/C42H53N3O6/c1-28(25-43(3)4)50-33-15-11-30(12-16-33)21-37-36-24-35(46-7)19-20-38(36)45(27-31-13-17-34(18-14-31)51-29(2)26-44(5)6)41(37)32-22-39(47-8)42(49-10)40(23-32)48-9/h11-20,22-24,28-29H,21,25-27H2,1-10H3. The van der Waals surface area contributed by atoms with Gasteiger partial charge in [-0.2, -0.15) is 0 Å². The van der Waals surface area contributed by atoms with Gasteiger partial charge in [0.25, 0.3) is 0 Å². The van der Waals surface area contributed by atoms with Gasteiger partial charge in [-0.3, -0.25) is 0 Å². The van der Waals surface area contributed by atoms with Gasteiger partial charge in [-0.1, -0.05) is 24.3 Å². The third-order valence-electron chi connectivity index (χ3n) is 8.80. The Bertz CT molecular complexity index is 1860. The van der Waals surface area contributed by atoms with Crippen molar-refractivity contribution < 1.29 is 28.4 Å². The maximum atomic E-state index is 6.20. The first-order valence-corrected chi connectivity index (χ1v) is 17.3. The van der Waals surface area contributed by atoms with E-state index < -0.39 is 0 Å². The van der Waals surface area contributed by atoms with Crippen molar-refractivity contribution in [2.45, 2.75) is 39.0 Å². The zero-order valence-corrected chi connectivity index (χ0v) is 31.8. The van der Waals surface area contributed by atoms with E-state index in [4.69, 9.17) is 28.4 Å². The van der Waals surface area contributed by atoms with Gasteiger partial charge in [0.05, 0.1) is 34.1 Å². The summed E-state index contributed by atoms with van der Waals surface area (Å²) < 4.78 is 37.9. The van der Waals surface area contributed by atoms with Gasteiger partial charge in [0.2, 0.25) is 5.75 Å². The van der Waals surface area contributed by atoms with Crippen molar-refractivity contribution in [3.63, 3.8) is 0 Å². The van der Waals surface area contributed by atoms with Crippen LogP contribution in [0.25, 0.3) is 22.2 Å². The molecule has 0 spiro atoms. The second-order valence-corrected chi connectivity index (χ2v) is 13.6. The minimum Gasteiger partial charge on any atom is -0.497 e. The molecule has 1 aromatic heterocycles. The number of fused-ring (bicyclic) bond motifs is 1. The Hall–Kier alpha value is -4.86. The van der Waals surface area contributed by atoms with E-state index in [9.17, 15) is 0 Å². The highest BCUT2D eigenvalue weighted by Gasteiger charge is 2.24. The minimum absolute atomic E-state index is 0.0741. The van der Waals surface area contributed by atoms with Gasteiger partial charge in [0.15, 0.2) is 11.5 Å². The third-order valence-corrected chi connectivity index (χ3v) is 8.80. The fourth-order valence-corrected chi connectivity index (χ4v) is 6.73. The summed E-state index contributed by atoms with van der Waals surface area (Å²) in [7, 11) is 14.8. The molecule has 0 radical (unpaired) electrons. The van der Waals surface area contributed by atoms with Crippen LogP contribution in [-0.2, 0) is 13.0 Å². The molecule has 0 amide bonds. The summed E-state index contributed by atoms with van der Waals surface area (Å²) in [6.45, 7) is 6.48. The summed E-state index contributed by atoms with van der Waals surface area (Å²) in [5.74, 6) is 4.23. The SMILES string of the molecule is COc1ccc2c(c1)c(Cc1ccc(OC(C)CN(C)C)cc1)c(-c1cc(OC)c(OC)c(OC)c1)n2Cc1ccc(OC(C)CN(C)C)cc1. The lowest BCUT2D eigenvalue weighted by atomic mass is 9.97. The summed E-state index contributed by atoms with van der Waals surface area (Å²) >= 11 is 0. The van der Waals surface area contributed by atoms with E-state index in [0.717, 1.165) is 69.2 Å². The normalized spacial score (nSPS) is 12.6. The lowest BCUT2D eigenvalue weighted by Crippen LogP contribution is -2.27. The highest BCUT2D eigenvalue weighted by atomic mass is 16.5. The van der Waals surface area contributed by atoms with Gasteiger partial charge in [-0.05, 0) is 113 Å². The Balaban J connectivity index is 1.64. The Morgan fingerprint density at radius 2 is 1.10 bits per heavy atom. The quantitative estimate of drug-likeness (QED) is 0.0984. The molecule has 5 rings (SSSR count). The molecule has 272 valence electrons. The monoisotopic (exact) mass is 695 g/mol. The number of aromatic nitrogens is 1. The lowest BCUT2D eigenvalue weighted by Gasteiger charge is -2.19. The molecule has 9 nitrogen and oxygen atoms in total. The van der Waals surface area contributed by atoms with E-state index in [1.54, 1.807) is 28.4 Å². The Morgan fingerprint density at radius 3 is 1.57 bits per heavy atom. The molecular formula is C42H53N3O6. The summed E-state index contributed by atoms with van der Waals surface area (Å²) in [5, 5.41) is 1.11. The molecule has 2 atom stereocenters. The van der Waals surface area contributed by atoms with Crippen LogP contribution in [0, 0.1) is 0 Å². The average molecular weight is 696 g/mol. The van der Waals surface area contributed by atoms with Gasteiger partial charge in [0.1, 0.15) is 29.5 Å². The van der Waals surface area contributed by atoms with E-state index in [1.165, 1.54) is 0 Å². The first-order chi connectivity index (χ1) is 24.5. The van der Waals surface area contributed by atoms with Crippen molar-refractivity contribution in [1.82, 2.24) is 14.4 Å². The molecule has 0 N–H and O–H groups in total. The third kappa shape index (κ3) is 9.09. The van der Waals surface area contributed by atoms with Crippen LogP contribution in [0.5, 0.6) is 34.5 Å². The second-order valence-electron chi connectivity index (χ2n) is 13.6. The van der Waals surface area contributed by atoms with Gasteiger partial charge < -0.3 is 42.8 Å². The fourth-order valence-electron chi connectivity index (χ4n) is 6.73. The molecule has 0 fully saturated rings. The van der Waals surface area contributed by atoms with E-state index in [1.807, 2.05) is 18.2 Å². The topological polar surface area (TPSA) is 66.8 Å². The molecule has 0 aliphatic rings. The molecule has 1 heterocycles. The number of hydrogen-bond acceptors (Lipinski definition) is 8. The highest BCUT2D eigenvalue weighted by molar-refractivity contribution is 5.94. The number of methoxy groups -OCH3 is 4. The van der Waals surface area contributed by atoms with Crippen molar-refractivity contribution >= 4 is 10.9 Å². The zero-order chi connectivity index (χ0) is 36.7. The van der Waals surface area contributed by atoms with Crippen molar-refractivity contribution in [3.8, 4) is 45.8 Å². The summed E-state index contributed by atoms with van der Waals surface area (Å²) in [4.78, 5) is 4.26. The van der Waals surface area contributed by atoms with Crippen LogP contribution >= 0.6 is 0 Å².